The minimum absolute atomic E-state index is 0.0109. The van der Waals surface area contributed by atoms with Gasteiger partial charge >= 0.3 is 0 Å². The average Bonchev–Trinajstić information content (AvgIpc) is 3.53. The smallest absolute Gasteiger partial charge is 0.278 e. The number of nitrogens with zero attached hydrogens (tertiary/aromatic N) is 3. The first-order valence-electron chi connectivity index (χ1n) is 11.0. The molecule has 1 aliphatic carbocycles. The van der Waals surface area contributed by atoms with Crippen LogP contribution in [-0.4, -0.2) is 40.0 Å². The molecule has 1 saturated heterocycles. The highest BCUT2D eigenvalue weighted by Crippen LogP contribution is 2.35. The number of para-hydroxylation sites is 1. The second kappa shape index (κ2) is 7.65. The third kappa shape index (κ3) is 3.34. The fraction of sp³-hybridized carbons (Fsp3) is 0.522. The lowest BCUT2D eigenvalue weighted by molar-refractivity contribution is -0.139. The molecular formula is C23H28N4O2. The predicted molar refractivity (Wildman–Crippen MR) is 111 cm³/mol. The standard InChI is InChI=1S/C23H28N4O2/c28-22(17-8-1-2-9-17)26-13-6-5-11-21(26)18-15-19(25-24-18)23(29)27-14-12-16-7-3-4-10-20(16)27/h3-4,7,10,15,17,21H,1-2,5-6,8-9,11-14H2,(H,24,25). The van der Waals surface area contributed by atoms with Gasteiger partial charge in [0.2, 0.25) is 5.91 Å². The van der Waals surface area contributed by atoms with Crippen LogP contribution >= 0.6 is 0 Å². The first-order chi connectivity index (χ1) is 14.2. The van der Waals surface area contributed by atoms with Gasteiger partial charge in [-0.25, -0.2) is 0 Å². The number of hydrogen-bond acceptors (Lipinski definition) is 3. The highest BCUT2D eigenvalue weighted by molar-refractivity contribution is 6.06. The van der Waals surface area contributed by atoms with Crippen LogP contribution in [0.3, 0.4) is 0 Å². The number of amides is 2. The second-order valence-corrected chi connectivity index (χ2v) is 8.57. The van der Waals surface area contributed by atoms with Gasteiger partial charge in [-0.15, -0.1) is 0 Å². The molecule has 1 aromatic carbocycles. The molecule has 2 amide bonds. The number of rotatable bonds is 3. The summed E-state index contributed by atoms with van der Waals surface area (Å²) in [4.78, 5) is 30.0. The molecule has 1 saturated carbocycles. The highest BCUT2D eigenvalue weighted by atomic mass is 16.2. The number of H-pyrrole nitrogens is 1. The van der Waals surface area contributed by atoms with Gasteiger partial charge in [0.25, 0.3) is 5.91 Å². The Balaban J connectivity index is 1.36. The van der Waals surface area contributed by atoms with E-state index in [9.17, 15) is 9.59 Å². The molecule has 2 fully saturated rings. The number of fused-ring (bicyclic) bond motifs is 1. The molecule has 1 N–H and O–H groups in total. The maximum atomic E-state index is 13.1. The summed E-state index contributed by atoms with van der Waals surface area (Å²) in [7, 11) is 0. The number of anilines is 1. The number of carbonyl (C=O) groups excluding carboxylic acids is 2. The summed E-state index contributed by atoms with van der Waals surface area (Å²) in [5.41, 5.74) is 3.53. The first kappa shape index (κ1) is 18.4. The van der Waals surface area contributed by atoms with Crippen molar-refractivity contribution < 1.29 is 9.59 Å². The van der Waals surface area contributed by atoms with E-state index in [0.717, 1.165) is 69.3 Å². The number of carbonyl (C=O) groups is 2. The minimum atomic E-state index is -0.0677. The van der Waals surface area contributed by atoms with Gasteiger partial charge in [-0.1, -0.05) is 31.0 Å². The van der Waals surface area contributed by atoms with Gasteiger partial charge in [-0.2, -0.15) is 5.10 Å². The van der Waals surface area contributed by atoms with Crippen LogP contribution in [-0.2, 0) is 11.2 Å². The van der Waals surface area contributed by atoms with Crippen molar-refractivity contribution in [3.63, 3.8) is 0 Å². The van der Waals surface area contributed by atoms with E-state index in [-0.39, 0.29) is 17.9 Å². The van der Waals surface area contributed by atoms with Crippen molar-refractivity contribution in [2.24, 2.45) is 5.92 Å². The lowest BCUT2D eigenvalue weighted by Gasteiger charge is -2.36. The summed E-state index contributed by atoms with van der Waals surface area (Å²) in [6, 6.07) is 9.93. The Kier molecular flexibility index (Phi) is 4.86. The Hall–Kier alpha value is -2.63. The summed E-state index contributed by atoms with van der Waals surface area (Å²) >= 11 is 0. The van der Waals surface area contributed by atoms with Crippen molar-refractivity contribution in [2.45, 2.75) is 57.4 Å². The van der Waals surface area contributed by atoms with Crippen LogP contribution in [0.4, 0.5) is 5.69 Å². The van der Waals surface area contributed by atoms with Crippen LogP contribution in [0.2, 0.25) is 0 Å². The topological polar surface area (TPSA) is 69.3 Å². The zero-order valence-electron chi connectivity index (χ0n) is 16.8. The molecule has 3 aliphatic rings. The third-order valence-electron chi connectivity index (χ3n) is 6.80. The van der Waals surface area contributed by atoms with Crippen LogP contribution in [0.25, 0.3) is 0 Å². The third-order valence-corrected chi connectivity index (χ3v) is 6.80. The summed E-state index contributed by atoms with van der Waals surface area (Å²) in [5, 5.41) is 7.43. The van der Waals surface area contributed by atoms with Crippen molar-refractivity contribution in [1.29, 1.82) is 0 Å². The summed E-state index contributed by atoms with van der Waals surface area (Å²) in [5.74, 6) is 0.408. The number of likely N-dealkylation sites (tertiary alicyclic amines) is 1. The molecule has 6 heteroatoms. The fourth-order valence-corrected chi connectivity index (χ4v) is 5.23. The van der Waals surface area contributed by atoms with Crippen LogP contribution in [0.1, 0.15) is 72.7 Å². The van der Waals surface area contributed by atoms with E-state index < -0.39 is 0 Å². The van der Waals surface area contributed by atoms with Crippen molar-refractivity contribution >= 4 is 17.5 Å². The molecule has 29 heavy (non-hydrogen) atoms. The zero-order valence-corrected chi connectivity index (χ0v) is 16.8. The molecule has 1 atom stereocenters. The van der Waals surface area contributed by atoms with Gasteiger partial charge in [0.05, 0.1) is 11.7 Å². The first-order valence-corrected chi connectivity index (χ1v) is 11.0. The molecule has 1 unspecified atom stereocenters. The normalized spacial score (nSPS) is 22.1. The molecule has 1 aromatic heterocycles. The average molecular weight is 393 g/mol. The number of aromatic nitrogens is 2. The molecule has 6 nitrogen and oxygen atoms in total. The number of nitrogens with one attached hydrogen (secondary N) is 1. The van der Waals surface area contributed by atoms with E-state index >= 15 is 0 Å². The maximum absolute atomic E-state index is 13.1. The van der Waals surface area contributed by atoms with Crippen molar-refractivity contribution in [2.75, 3.05) is 18.0 Å². The molecule has 2 aromatic rings. The van der Waals surface area contributed by atoms with E-state index in [0.29, 0.717) is 18.1 Å². The van der Waals surface area contributed by atoms with Gasteiger partial charge < -0.3 is 9.80 Å². The second-order valence-electron chi connectivity index (χ2n) is 8.57. The number of aromatic amines is 1. The molecule has 2 aliphatic heterocycles. The van der Waals surface area contributed by atoms with Crippen LogP contribution in [0.15, 0.2) is 30.3 Å². The Labute approximate surface area is 171 Å². The Morgan fingerprint density at radius 1 is 1.00 bits per heavy atom. The summed E-state index contributed by atoms with van der Waals surface area (Å²) in [6.07, 6.45) is 8.32. The monoisotopic (exact) mass is 392 g/mol. The van der Waals surface area contributed by atoms with Gasteiger partial charge in [0, 0.05) is 24.7 Å². The lowest BCUT2D eigenvalue weighted by Crippen LogP contribution is -2.41. The van der Waals surface area contributed by atoms with Crippen LogP contribution < -0.4 is 4.90 Å². The molecule has 0 radical (unpaired) electrons. The Morgan fingerprint density at radius 3 is 2.66 bits per heavy atom. The molecular weight excluding hydrogens is 364 g/mol. The quantitative estimate of drug-likeness (QED) is 0.862. The molecule has 0 spiro atoms. The maximum Gasteiger partial charge on any atom is 0.278 e. The van der Waals surface area contributed by atoms with E-state index in [1.54, 1.807) is 0 Å². The van der Waals surface area contributed by atoms with E-state index in [1.807, 2.05) is 34.1 Å². The molecule has 5 rings (SSSR count). The van der Waals surface area contributed by atoms with Gasteiger partial charge in [-0.3, -0.25) is 14.7 Å². The van der Waals surface area contributed by atoms with E-state index in [1.165, 1.54) is 5.56 Å². The van der Waals surface area contributed by atoms with Crippen molar-refractivity contribution in [3.8, 4) is 0 Å². The van der Waals surface area contributed by atoms with Crippen LogP contribution in [0.5, 0.6) is 0 Å². The molecule has 152 valence electrons. The van der Waals surface area contributed by atoms with Crippen molar-refractivity contribution in [3.05, 3.63) is 47.3 Å². The summed E-state index contributed by atoms with van der Waals surface area (Å²) < 4.78 is 0. The zero-order chi connectivity index (χ0) is 19.8. The largest absolute Gasteiger partial charge is 0.334 e. The molecule has 3 heterocycles. The Morgan fingerprint density at radius 2 is 1.79 bits per heavy atom. The number of hydrogen-bond donors (Lipinski definition) is 1. The highest BCUT2D eigenvalue weighted by Gasteiger charge is 2.35. The number of benzene rings is 1. The Bertz CT molecular complexity index is 915. The van der Waals surface area contributed by atoms with Crippen molar-refractivity contribution in [1.82, 2.24) is 15.1 Å². The SMILES string of the molecule is O=C(c1cc(C2CCCCN2C(=O)C2CCCC2)[nH]n1)N1CCc2ccccc21. The molecule has 0 bridgehead atoms. The van der Waals surface area contributed by atoms with E-state index in [4.69, 9.17) is 0 Å². The number of piperidine rings is 1. The van der Waals surface area contributed by atoms with E-state index in [2.05, 4.69) is 16.3 Å². The van der Waals surface area contributed by atoms with Crippen LogP contribution in [0, 0.1) is 5.92 Å². The predicted octanol–water partition coefficient (Wildman–Crippen LogP) is 3.86. The van der Waals surface area contributed by atoms with Gasteiger partial charge in [0.1, 0.15) is 0 Å². The van der Waals surface area contributed by atoms with Gasteiger partial charge in [0.15, 0.2) is 5.69 Å². The minimum Gasteiger partial charge on any atom is -0.334 e. The van der Waals surface area contributed by atoms with Gasteiger partial charge in [-0.05, 0) is 56.2 Å². The summed E-state index contributed by atoms with van der Waals surface area (Å²) in [6.45, 7) is 1.50. The fourth-order valence-electron chi connectivity index (χ4n) is 5.23. The lowest BCUT2D eigenvalue weighted by atomic mass is 9.96.